The largest absolute Gasteiger partial charge is 0.443 e. The molecule has 0 bridgehead atoms. The van der Waals surface area contributed by atoms with Crippen molar-refractivity contribution in [3.63, 3.8) is 0 Å². The zero-order chi connectivity index (χ0) is 13.0. The third-order valence-corrected chi connectivity index (χ3v) is 3.02. The fourth-order valence-electron chi connectivity index (χ4n) is 1.89. The van der Waals surface area contributed by atoms with E-state index in [1.54, 1.807) is 0 Å². The van der Waals surface area contributed by atoms with Gasteiger partial charge in [-0.2, -0.15) is 0 Å². The Labute approximate surface area is 108 Å². The summed E-state index contributed by atoms with van der Waals surface area (Å²) in [5.41, 5.74) is 3.39. The van der Waals surface area contributed by atoms with Crippen LogP contribution in [0.3, 0.4) is 0 Å². The van der Waals surface area contributed by atoms with Gasteiger partial charge in [-0.25, -0.2) is 4.98 Å². The molecule has 2 rings (SSSR count). The maximum absolute atomic E-state index is 5.50. The first-order chi connectivity index (χ1) is 8.72. The van der Waals surface area contributed by atoms with Crippen LogP contribution < -0.4 is 5.32 Å². The Bertz CT molecular complexity index is 485. The molecule has 2 aromatic rings. The van der Waals surface area contributed by atoms with E-state index in [2.05, 4.69) is 55.3 Å². The summed E-state index contributed by atoms with van der Waals surface area (Å²) >= 11 is 0. The number of oxazole rings is 1. The third-order valence-electron chi connectivity index (χ3n) is 3.02. The summed E-state index contributed by atoms with van der Waals surface area (Å²) in [4.78, 5) is 4.26. The van der Waals surface area contributed by atoms with Crippen molar-refractivity contribution in [1.29, 1.82) is 0 Å². The van der Waals surface area contributed by atoms with Gasteiger partial charge in [0, 0.05) is 12.1 Å². The molecule has 96 valence electrons. The Hall–Kier alpha value is -1.61. The molecule has 3 heteroatoms. The number of rotatable bonds is 5. The molecule has 0 fully saturated rings. The normalized spacial score (nSPS) is 11.1. The SMILES string of the molecule is CCNCc1ncoc1-c1ccc(C(C)C)cc1. The molecule has 0 radical (unpaired) electrons. The first-order valence-electron chi connectivity index (χ1n) is 6.45. The molecule has 18 heavy (non-hydrogen) atoms. The molecule has 1 heterocycles. The fourth-order valence-corrected chi connectivity index (χ4v) is 1.89. The second-order valence-electron chi connectivity index (χ2n) is 4.69. The minimum absolute atomic E-state index is 0.551. The Kier molecular flexibility index (Phi) is 4.15. The molecular weight excluding hydrogens is 224 g/mol. The van der Waals surface area contributed by atoms with Crippen molar-refractivity contribution in [2.75, 3.05) is 6.54 Å². The summed E-state index contributed by atoms with van der Waals surface area (Å²) < 4.78 is 5.50. The average Bonchev–Trinajstić information content (AvgIpc) is 2.84. The summed E-state index contributed by atoms with van der Waals surface area (Å²) in [6.07, 6.45) is 1.51. The van der Waals surface area contributed by atoms with E-state index >= 15 is 0 Å². The van der Waals surface area contributed by atoms with E-state index < -0.39 is 0 Å². The van der Waals surface area contributed by atoms with Gasteiger partial charge in [-0.3, -0.25) is 0 Å². The minimum Gasteiger partial charge on any atom is -0.443 e. The maximum atomic E-state index is 5.50. The van der Waals surface area contributed by atoms with Crippen LogP contribution in [0.2, 0.25) is 0 Å². The van der Waals surface area contributed by atoms with Crippen LogP contribution in [0, 0.1) is 0 Å². The lowest BCUT2D eigenvalue weighted by Crippen LogP contribution is -2.12. The van der Waals surface area contributed by atoms with E-state index in [1.807, 2.05) is 0 Å². The summed E-state index contributed by atoms with van der Waals surface area (Å²) in [6, 6.07) is 8.51. The second kappa shape index (κ2) is 5.83. The molecule has 0 saturated carbocycles. The van der Waals surface area contributed by atoms with Crippen molar-refractivity contribution in [3.05, 3.63) is 41.9 Å². The van der Waals surface area contributed by atoms with Crippen molar-refractivity contribution in [2.24, 2.45) is 0 Å². The van der Waals surface area contributed by atoms with Crippen molar-refractivity contribution in [3.8, 4) is 11.3 Å². The van der Waals surface area contributed by atoms with Crippen LogP contribution in [0.4, 0.5) is 0 Å². The van der Waals surface area contributed by atoms with Gasteiger partial charge in [-0.1, -0.05) is 45.0 Å². The molecule has 3 nitrogen and oxygen atoms in total. The highest BCUT2D eigenvalue weighted by molar-refractivity contribution is 5.60. The number of benzene rings is 1. The topological polar surface area (TPSA) is 38.1 Å². The van der Waals surface area contributed by atoms with Gasteiger partial charge in [0.25, 0.3) is 0 Å². The Morgan fingerprint density at radius 3 is 2.56 bits per heavy atom. The van der Waals surface area contributed by atoms with E-state index in [1.165, 1.54) is 12.0 Å². The molecule has 0 atom stereocenters. The van der Waals surface area contributed by atoms with Gasteiger partial charge >= 0.3 is 0 Å². The molecule has 1 N–H and O–H groups in total. The molecule has 0 unspecified atom stereocenters. The van der Waals surface area contributed by atoms with Gasteiger partial charge in [0.15, 0.2) is 12.2 Å². The first-order valence-corrected chi connectivity index (χ1v) is 6.45. The molecule has 0 aliphatic carbocycles. The van der Waals surface area contributed by atoms with E-state index in [0.29, 0.717) is 5.92 Å². The van der Waals surface area contributed by atoms with Crippen LogP contribution in [0.5, 0.6) is 0 Å². The lowest BCUT2D eigenvalue weighted by atomic mass is 10.0. The second-order valence-corrected chi connectivity index (χ2v) is 4.69. The van der Waals surface area contributed by atoms with Gasteiger partial charge < -0.3 is 9.73 Å². The Morgan fingerprint density at radius 2 is 1.94 bits per heavy atom. The van der Waals surface area contributed by atoms with Gasteiger partial charge in [-0.15, -0.1) is 0 Å². The lowest BCUT2D eigenvalue weighted by molar-refractivity contribution is 0.570. The minimum atomic E-state index is 0.551. The number of hydrogen-bond donors (Lipinski definition) is 1. The molecule has 0 spiro atoms. The van der Waals surface area contributed by atoms with Gasteiger partial charge in [-0.05, 0) is 18.0 Å². The summed E-state index contributed by atoms with van der Waals surface area (Å²) in [5, 5.41) is 3.27. The Morgan fingerprint density at radius 1 is 1.22 bits per heavy atom. The smallest absolute Gasteiger partial charge is 0.181 e. The number of aromatic nitrogens is 1. The zero-order valence-electron chi connectivity index (χ0n) is 11.2. The molecule has 0 saturated heterocycles. The molecule has 1 aromatic heterocycles. The lowest BCUT2D eigenvalue weighted by Gasteiger charge is -2.06. The summed E-state index contributed by atoms with van der Waals surface area (Å²) in [5.74, 6) is 1.42. The predicted octanol–water partition coefficient (Wildman–Crippen LogP) is 3.57. The Balaban J connectivity index is 2.23. The van der Waals surface area contributed by atoms with Crippen molar-refractivity contribution < 1.29 is 4.42 Å². The zero-order valence-corrected chi connectivity index (χ0v) is 11.2. The van der Waals surface area contributed by atoms with Crippen molar-refractivity contribution >= 4 is 0 Å². The summed E-state index contributed by atoms with van der Waals surface area (Å²) in [6.45, 7) is 8.14. The van der Waals surface area contributed by atoms with Crippen molar-refractivity contribution in [2.45, 2.75) is 33.2 Å². The number of hydrogen-bond acceptors (Lipinski definition) is 3. The van der Waals surface area contributed by atoms with E-state index in [4.69, 9.17) is 4.42 Å². The van der Waals surface area contributed by atoms with Crippen LogP contribution >= 0.6 is 0 Å². The fraction of sp³-hybridized carbons (Fsp3) is 0.400. The van der Waals surface area contributed by atoms with Gasteiger partial charge in [0.05, 0.1) is 0 Å². The molecule has 0 aliphatic heterocycles. The number of nitrogens with one attached hydrogen (secondary N) is 1. The summed E-state index contributed by atoms with van der Waals surface area (Å²) in [7, 11) is 0. The van der Waals surface area contributed by atoms with E-state index in [-0.39, 0.29) is 0 Å². The standard InChI is InChI=1S/C15H20N2O/c1-4-16-9-14-15(18-10-17-14)13-7-5-12(6-8-13)11(2)3/h5-8,10-11,16H,4,9H2,1-3H3. The van der Waals surface area contributed by atoms with Crippen LogP contribution in [0.15, 0.2) is 35.1 Å². The van der Waals surface area contributed by atoms with E-state index in [0.717, 1.165) is 30.1 Å². The first kappa shape index (κ1) is 12.8. The van der Waals surface area contributed by atoms with Gasteiger partial charge in [0.2, 0.25) is 0 Å². The van der Waals surface area contributed by atoms with Crippen LogP contribution in [-0.4, -0.2) is 11.5 Å². The van der Waals surface area contributed by atoms with Crippen LogP contribution in [-0.2, 0) is 6.54 Å². The van der Waals surface area contributed by atoms with Crippen molar-refractivity contribution in [1.82, 2.24) is 10.3 Å². The highest BCUT2D eigenvalue weighted by Crippen LogP contribution is 2.25. The van der Waals surface area contributed by atoms with E-state index in [9.17, 15) is 0 Å². The third kappa shape index (κ3) is 2.79. The molecule has 1 aromatic carbocycles. The highest BCUT2D eigenvalue weighted by Gasteiger charge is 2.10. The van der Waals surface area contributed by atoms with Crippen LogP contribution in [0.25, 0.3) is 11.3 Å². The monoisotopic (exact) mass is 244 g/mol. The highest BCUT2D eigenvalue weighted by atomic mass is 16.3. The molecule has 0 aliphatic rings. The quantitative estimate of drug-likeness (QED) is 0.873. The predicted molar refractivity (Wildman–Crippen MR) is 73.4 cm³/mol. The number of nitrogens with zero attached hydrogens (tertiary/aromatic N) is 1. The van der Waals surface area contributed by atoms with Gasteiger partial charge in [0.1, 0.15) is 5.69 Å². The average molecular weight is 244 g/mol. The molecular formula is C15H20N2O. The van der Waals surface area contributed by atoms with Crippen LogP contribution in [0.1, 0.15) is 37.9 Å². The maximum Gasteiger partial charge on any atom is 0.181 e. The molecule has 0 amide bonds.